The molecule has 0 saturated heterocycles. The molecule has 2 aromatic rings. The molecule has 0 amide bonds. The van der Waals surface area contributed by atoms with Crippen molar-refractivity contribution in [2.45, 2.75) is 13.2 Å². The fraction of sp³-hybridized carbons (Fsp3) is 0.200. The molecule has 2 aromatic carbocycles. The lowest BCUT2D eigenvalue weighted by atomic mass is 10.2. The molecule has 0 aliphatic rings. The maximum absolute atomic E-state index is 13.5. The summed E-state index contributed by atoms with van der Waals surface area (Å²) in [6.45, 7) is 0.303. The van der Waals surface area contributed by atoms with Gasteiger partial charge in [-0.25, -0.2) is 8.78 Å². The zero-order chi connectivity index (χ0) is 14.5. The van der Waals surface area contributed by atoms with Gasteiger partial charge in [-0.05, 0) is 23.8 Å². The molecule has 0 aliphatic heterocycles. The molecule has 0 atom stereocenters. The Hall–Kier alpha value is -2.14. The highest BCUT2D eigenvalue weighted by atomic mass is 19.2. The number of hydrogen-bond acceptors (Lipinski definition) is 3. The van der Waals surface area contributed by atoms with Crippen LogP contribution in [-0.2, 0) is 13.2 Å². The van der Waals surface area contributed by atoms with Gasteiger partial charge < -0.3 is 15.2 Å². The minimum Gasteiger partial charge on any atom is -0.493 e. The van der Waals surface area contributed by atoms with Crippen molar-refractivity contribution < 1.29 is 18.3 Å². The highest BCUT2D eigenvalue weighted by Crippen LogP contribution is 2.29. The lowest BCUT2D eigenvalue weighted by Gasteiger charge is -2.12. The Morgan fingerprint density at radius 3 is 2.60 bits per heavy atom. The molecule has 2 N–H and O–H groups in total. The van der Waals surface area contributed by atoms with Gasteiger partial charge in [-0.15, -0.1) is 0 Å². The quantitative estimate of drug-likeness (QED) is 0.915. The highest BCUT2D eigenvalue weighted by molar-refractivity contribution is 5.43. The van der Waals surface area contributed by atoms with E-state index in [1.54, 1.807) is 18.2 Å². The monoisotopic (exact) mass is 279 g/mol. The molecule has 0 saturated carbocycles. The van der Waals surface area contributed by atoms with E-state index in [1.165, 1.54) is 19.2 Å². The van der Waals surface area contributed by atoms with E-state index in [-0.39, 0.29) is 12.2 Å². The van der Waals surface area contributed by atoms with Crippen molar-refractivity contribution in [2.24, 2.45) is 5.73 Å². The normalized spacial score (nSPS) is 10.4. The van der Waals surface area contributed by atoms with Crippen LogP contribution < -0.4 is 15.2 Å². The van der Waals surface area contributed by atoms with Gasteiger partial charge in [0.2, 0.25) is 0 Å². The molecule has 3 nitrogen and oxygen atoms in total. The molecular weight excluding hydrogens is 264 g/mol. The third-order valence-corrected chi connectivity index (χ3v) is 2.88. The van der Waals surface area contributed by atoms with Gasteiger partial charge in [0.1, 0.15) is 6.61 Å². The van der Waals surface area contributed by atoms with E-state index in [0.717, 1.165) is 11.6 Å². The first-order valence-corrected chi connectivity index (χ1v) is 6.08. The molecule has 0 aromatic heterocycles. The summed E-state index contributed by atoms with van der Waals surface area (Å²) in [4.78, 5) is 0. The first-order chi connectivity index (χ1) is 9.65. The summed E-state index contributed by atoms with van der Waals surface area (Å²) in [5.74, 6) is -0.834. The van der Waals surface area contributed by atoms with Crippen LogP contribution in [0.3, 0.4) is 0 Å². The molecule has 0 spiro atoms. The summed E-state index contributed by atoms with van der Waals surface area (Å²) in [6, 6.07) is 9.20. The minimum atomic E-state index is -0.898. The predicted octanol–water partition coefficient (Wildman–Crippen LogP) is 3.01. The Labute approximate surface area is 115 Å². The van der Waals surface area contributed by atoms with E-state index < -0.39 is 11.6 Å². The molecule has 0 aliphatic carbocycles. The molecule has 20 heavy (non-hydrogen) atoms. The van der Waals surface area contributed by atoms with Gasteiger partial charge in [-0.2, -0.15) is 0 Å². The van der Waals surface area contributed by atoms with Crippen LogP contribution in [0.1, 0.15) is 11.1 Å². The fourth-order valence-corrected chi connectivity index (χ4v) is 1.77. The van der Waals surface area contributed by atoms with Crippen LogP contribution >= 0.6 is 0 Å². The predicted molar refractivity (Wildman–Crippen MR) is 71.6 cm³/mol. The van der Waals surface area contributed by atoms with Crippen molar-refractivity contribution in [1.82, 2.24) is 0 Å². The first kappa shape index (κ1) is 14.3. The van der Waals surface area contributed by atoms with Gasteiger partial charge in [-0.1, -0.05) is 18.2 Å². The third-order valence-electron chi connectivity index (χ3n) is 2.88. The van der Waals surface area contributed by atoms with Crippen molar-refractivity contribution in [3.8, 4) is 11.5 Å². The van der Waals surface area contributed by atoms with Crippen molar-refractivity contribution in [3.63, 3.8) is 0 Å². The van der Waals surface area contributed by atoms with Crippen LogP contribution in [0.2, 0.25) is 0 Å². The summed E-state index contributed by atoms with van der Waals surface area (Å²) < 4.78 is 37.2. The lowest BCUT2D eigenvalue weighted by Crippen LogP contribution is -2.03. The molecule has 5 heteroatoms. The number of methoxy groups -OCH3 is 1. The molecular formula is C15H15F2NO2. The Morgan fingerprint density at radius 2 is 1.90 bits per heavy atom. The average Bonchev–Trinajstić information content (AvgIpc) is 2.48. The van der Waals surface area contributed by atoms with Crippen molar-refractivity contribution in [3.05, 3.63) is 59.2 Å². The van der Waals surface area contributed by atoms with E-state index in [2.05, 4.69) is 0 Å². The summed E-state index contributed by atoms with van der Waals surface area (Å²) >= 11 is 0. The van der Waals surface area contributed by atoms with E-state index in [4.69, 9.17) is 15.2 Å². The van der Waals surface area contributed by atoms with Gasteiger partial charge in [0.15, 0.2) is 23.1 Å². The topological polar surface area (TPSA) is 44.5 Å². The Bertz CT molecular complexity index is 602. The molecule has 106 valence electrons. The smallest absolute Gasteiger partial charge is 0.165 e. The van der Waals surface area contributed by atoms with Crippen molar-refractivity contribution >= 4 is 0 Å². The fourth-order valence-electron chi connectivity index (χ4n) is 1.77. The largest absolute Gasteiger partial charge is 0.493 e. The number of rotatable bonds is 5. The van der Waals surface area contributed by atoms with Crippen LogP contribution in [-0.4, -0.2) is 7.11 Å². The Kier molecular flexibility index (Phi) is 4.53. The maximum Gasteiger partial charge on any atom is 0.165 e. The second-order valence-electron chi connectivity index (χ2n) is 4.19. The van der Waals surface area contributed by atoms with Crippen LogP contribution in [0.25, 0.3) is 0 Å². The van der Waals surface area contributed by atoms with E-state index >= 15 is 0 Å². The van der Waals surface area contributed by atoms with Crippen LogP contribution in [0.4, 0.5) is 8.78 Å². The highest BCUT2D eigenvalue weighted by Gasteiger charge is 2.10. The summed E-state index contributed by atoms with van der Waals surface area (Å²) in [5.41, 5.74) is 6.58. The van der Waals surface area contributed by atoms with Crippen LogP contribution in [0.15, 0.2) is 36.4 Å². The van der Waals surface area contributed by atoms with Gasteiger partial charge >= 0.3 is 0 Å². The third kappa shape index (κ3) is 3.05. The zero-order valence-corrected chi connectivity index (χ0v) is 11.0. The van der Waals surface area contributed by atoms with Crippen LogP contribution in [0.5, 0.6) is 11.5 Å². The van der Waals surface area contributed by atoms with Gasteiger partial charge in [0.25, 0.3) is 0 Å². The van der Waals surface area contributed by atoms with Crippen molar-refractivity contribution in [2.75, 3.05) is 7.11 Å². The zero-order valence-electron chi connectivity index (χ0n) is 11.0. The molecule has 0 heterocycles. The molecule has 2 rings (SSSR count). The number of halogens is 2. The van der Waals surface area contributed by atoms with Gasteiger partial charge in [0, 0.05) is 12.1 Å². The maximum atomic E-state index is 13.5. The summed E-state index contributed by atoms with van der Waals surface area (Å²) in [5, 5.41) is 0. The first-order valence-electron chi connectivity index (χ1n) is 6.08. The average molecular weight is 279 g/mol. The molecule has 0 bridgehead atoms. The lowest BCUT2D eigenvalue weighted by molar-refractivity contribution is 0.277. The Morgan fingerprint density at radius 1 is 1.10 bits per heavy atom. The molecule has 0 unspecified atom stereocenters. The van der Waals surface area contributed by atoms with Gasteiger partial charge in [-0.3, -0.25) is 0 Å². The van der Waals surface area contributed by atoms with Gasteiger partial charge in [0.05, 0.1) is 7.11 Å². The molecule has 0 radical (unpaired) electrons. The standard InChI is InChI=1S/C15H15F2NO2/c1-19-14-7-10(8-18)5-6-13(14)20-9-11-3-2-4-12(16)15(11)17/h2-7H,8-9,18H2,1H3. The van der Waals surface area contributed by atoms with Crippen molar-refractivity contribution in [1.29, 1.82) is 0 Å². The number of hydrogen-bond donors (Lipinski definition) is 1. The molecule has 0 fully saturated rings. The summed E-state index contributed by atoms with van der Waals surface area (Å²) in [7, 11) is 1.51. The number of benzene rings is 2. The van der Waals surface area contributed by atoms with E-state index in [9.17, 15) is 8.78 Å². The number of nitrogens with two attached hydrogens (primary N) is 1. The SMILES string of the molecule is COc1cc(CN)ccc1OCc1cccc(F)c1F. The Balaban J connectivity index is 2.16. The number of ether oxygens (including phenoxy) is 2. The van der Waals surface area contributed by atoms with Crippen LogP contribution in [0, 0.1) is 11.6 Å². The minimum absolute atomic E-state index is 0.0814. The summed E-state index contributed by atoms with van der Waals surface area (Å²) in [6.07, 6.45) is 0. The van der Waals surface area contributed by atoms with E-state index in [1.807, 2.05) is 0 Å². The second-order valence-corrected chi connectivity index (χ2v) is 4.19. The second kappa shape index (κ2) is 6.34. The van der Waals surface area contributed by atoms with E-state index in [0.29, 0.717) is 18.0 Å².